The average Bonchev–Trinajstić information content (AvgIpc) is 2.82. The van der Waals surface area contributed by atoms with Crippen molar-refractivity contribution in [1.82, 2.24) is 9.21 Å². The quantitative estimate of drug-likeness (QED) is 0.691. The Morgan fingerprint density at radius 2 is 1.59 bits per heavy atom. The minimum Gasteiger partial charge on any atom is -0.379 e. The average molecular weight is 478 g/mol. The number of rotatable bonds is 6. The molecule has 0 aromatic heterocycles. The van der Waals surface area contributed by atoms with E-state index in [0.29, 0.717) is 32.0 Å². The van der Waals surface area contributed by atoms with E-state index in [4.69, 9.17) is 16.3 Å². The van der Waals surface area contributed by atoms with Crippen LogP contribution in [-0.2, 0) is 26.1 Å². The molecule has 4 rings (SSSR count). The number of morpholine rings is 1. The standard InChI is InChI=1S/C23H28ClN3O4S/c24-20-3-1-18(2-4-20)17-26-11-9-19(10-12-26)23(28)25-21-5-7-22(8-6-21)32(29,30)27-13-15-31-16-14-27/h1-8,19H,9-17H2,(H,25,28). The fourth-order valence-electron chi connectivity index (χ4n) is 4.09. The van der Waals surface area contributed by atoms with Gasteiger partial charge in [-0.05, 0) is 67.9 Å². The van der Waals surface area contributed by atoms with Crippen molar-refractivity contribution in [2.75, 3.05) is 44.7 Å². The summed E-state index contributed by atoms with van der Waals surface area (Å²) in [5.74, 6) is -0.0619. The Hall–Kier alpha value is -1.97. The zero-order valence-electron chi connectivity index (χ0n) is 17.9. The van der Waals surface area contributed by atoms with Crippen LogP contribution in [0.5, 0.6) is 0 Å². The molecule has 2 aromatic rings. The van der Waals surface area contributed by atoms with E-state index < -0.39 is 10.0 Å². The highest BCUT2D eigenvalue weighted by molar-refractivity contribution is 7.89. The maximum absolute atomic E-state index is 12.7. The second kappa shape index (κ2) is 10.3. The first-order valence-electron chi connectivity index (χ1n) is 10.9. The van der Waals surface area contributed by atoms with E-state index in [1.54, 1.807) is 24.3 Å². The Kier molecular flexibility index (Phi) is 7.48. The van der Waals surface area contributed by atoms with Crippen LogP contribution in [0.15, 0.2) is 53.4 Å². The summed E-state index contributed by atoms with van der Waals surface area (Å²) < 4.78 is 32.1. The zero-order chi connectivity index (χ0) is 22.6. The third-order valence-electron chi connectivity index (χ3n) is 6.01. The summed E-state index contributed by atoms with van der Waals surface area (Å²) in [5, 5.41) is 3.67. The van der Waals surface area contributed by atoms with Crippen molar-refractivity contribution < 1.29 is 17.9 Å². The predicted octanol–water partition coefficient (Wildman–Crippen LogP) is 3.21. The number of nitrogens with zero attached hydrogens (tertiary/aromatic N) is 2. The first kappa shape index (κ1) is 23.2. The molecule has 9 heteroatoms. The summed E-state index contributed by atoms with van der Waals surface area (Å²) in [6.07, 6.45) is 1.59. The minimum atomic E-state index is -3.53. The largest absolute Gasteiger partial charge is 0.379 e. The Morgan fingerprint density at radius 3 is 2.22 bits per heavy atom. The van der Waals surface area contributed by atoms with Gasteiger partial charge in [-0.3, -0.25) is 9.69 Å². The Bertz CT molecular complexity index is 1010. The molecule has 172 valence electrons. The number of piperidine rings is 1. The third-order valence-corrected chi connectivity index (χ3v) is 8.17. The monoisotopic (exact) mass is 477 g/mol. The lowest BCUT2D eigenvalue weighted by atomic mass is 9.95. The smallest absolute Gasteiger partial charge is 0.243 e. The Morgan fingerprint density at radius 1 is 0.969 bits per heavy atom. The van der Waals surface area contributed by atoms with Crippen molar-refractivity contribution in [1.29, 1.82) is 0 Å². The van der Waals surface area contributed by atoms with Gasteiger partial charge in [0.25, 0.3) is 0 Å². The van der Waals surface area contributed by atoms with Crippen LogP contribution in [-0.4, -0.2) is 62.9 Å². The highest BCUT2D eigenvalue weighted by atomic mass is 35.5. The van der Waals surface area contributed by atoms with Crippen LogP contribution < -0.4 is 5.32 Å². The number of anilines is 1. The second-order valence-corrected chi connectivity index (χ2v) is 10.6. The first-order valence-corrected chi connectivity index (χ1v) is 12.7. The summed E-state index contributed by atoms with van der Waals surface area (Å²) in [7, 11) is -3.53. The molecule has 2 fully saturated rings. The van der Waals surface area contributed by atoms with Crippen molar-refractivity contribution in [3.8, 4) is 0 Å². The van der Waals surface area contributed by atoms with Crippen LogP contribution in [0, 0.1) is 5.92 Å². The fraction of sp³-hybridized carbons (Fsp3) is 0.435. The van der Waals surface area contributed by atoms with Crippen molar-refractivity contribution in [3.63, 3.8) is 0 Å². The van der Waals surface area contributed by atoms with Gasteiger partial charge in [-0.15, -0.1) is 0 Å². The molecular formula is C23H28ClN3O4S. The van der Waals surface area contributed by atoms with Gasteiger partial charge in [0.1, 0.15) is 0 Å². The van der Waals surface area contributed by atoms with Gasteiger partial charge >= 0.3 is 0 Å². The van der Waals surface area contributed by atoms with E-state index >= 15 is 0 Å². The van der Waals surface area contributed by atoms with Crippen molar-refractivity contribution in [2.45, 2.75) is 24.3 Å². The van der Waals surface area contributed by atoms with Crippen LogP contribution in [0.4, 0.5) is 5.69 Å². The van der Waals surface area contributed by atoms with Gasteiger partial charge in [-0.2, -0.15) is 4.31 Å². The molecule has 1 N–H and O–H groups in total. The summed E-state index contributed by atoms with van der Waals surface area (Å²) in [6, 6.07) is 14.3. The normalized spacial score (nSPS) is 19.0. The van der Waals surface area contributed by atoms with Crippen LogP contribution in [0.25, 0.3) is 0 Å². The summed E-state index contributed by atoms with van der Waals surface area (Å²) in [5.41, 5.74) is 1.82. The van der Waals surface area contributed by atoms with E-state index in [1.807, 2.05) is 24.3 Å². The molecule has 2 aliphatic heterocycles. The number of amides is 1. The SMILES string of the molecule is O=C(Nc1ccc(S(=O)(=O)N2CCOCC2)cc1)C1CCN(Cc2ccc(Cl)cc2)CC1. The summed E-state index contributed by atoms with van der Waals surface area (Å²) >= 11 is 5.95. The molecule has 0 unspecified atom stereocenters. The number of carbonyl (C=O) groups excluding carboxylic acids is 1. The van der Waals surface area contributed by atoms with E-state index in [0.717, 1.165) is 37.5 Å². The van der Waals surface area contributed by atoms with E-state index in [1.165, 1.54) is 9.87 Å². The fourth-order valence-corrected chi connectivity index (χ4v) is 5.63. The number of likely N-dealkylation sites (tertiary alicyclic amines) is 1. The highest BCUT2D eigenvalue weighted by Gasteiger charge is 2.27. The molecule has 0 saturated carbocycles. The first-order chi connectivity index (χ1) is 15.4. The number of sulfonamides is 1. The van der Waals surface area contributed by atoms with Crippen LogP contribution in [0.2, 0.25) is 5.02 Å². The maximum Gasteiger partial charge on any atom is 0.243 e. The van der Waals surface area contributed by atoms with Gasteiger partial charge in [0.15, 0.2) is 0 Å². The van der Waals surface area contributed by atoms with Gasteiger partial charge in [-0.1, -0.05) is 23.7 Å². The van der Waals surface area contributed by atoms with Crippen molar-refractivity contribution in [3.05, 3.63) is 59.1 Å². The van der Waals surface area contributed by atoms with Crippen LogP contribution in [0.3, 0.4) is 0 Å². The van der Waals surface area contributed by atoms with E-state index in [2.05, 4.69) is 10.2 Å². The molecule has 0 atom stereocenters. The third kappa shape index (κ3) is 5.68. The molecule has 2 aliphatic rings. The molecule has 0 radical (unpaired) electrons. The summed E-state index contributed by atoms with van der Waals surface area (Å²) in [4.78, 5) is 15.3. The molecule has 0 spiro atoms. The Labute approximate surface area is 194 Å². The number of nitrogens with one attached hydrogen (secondary N) is 1. The van der Waals surface area contributed by atoms with Crippen LogP contribution >= 0.6 is 11.6 Å². The number of hydrogen-bond acceptors (Lipinski definition) is 5. The van der Waals surface area contributed by atoms with Gasteiger partial charge in [0.05, 0.1) is 18.1 Å². The predicted molar refractivity (Wildman–Crippen MR) is 124 cm³/mol. The molecule has 2 heterocycles. The molecule has 2 aromatic carbocycles. The molecule has 32 heavy (non-hydrogen) atoms. The number of hydrogen-bond donors (Lipinski definition) is 1. The second-order valence-electron chi connectivity index (χ2n) is 8.21. The van der Waals surface area contributed by atoms with E-state index in [9.17, 15) is 13.2 Å². The lowest BCUT2D eigenvalue weighted by Gasteiger charge is -2.31. The maximum atomic E-state index is 12.7. The number of ether oxygens (including phenoxy) is 1. The number of halogens is 1. The van der Waals surface area contributed by atoms with Crippen molar-refractivity contribution in [2.24, 2.45) is 5.92 Å². The molecule has 0 aliphatic carbocycles. The van der Waals surface area contributed by atoms with E-state index in [-0.39, 0.29) is 16.7 Å². The lowest BCUT2D eigenvalue weighted by molar-refractivity contribution is -0.121. The minimum absolute atomic E-state index is 0.0140. The van der Waals surface area contributed by atoms with Gasteiger partial charge in [-0.25, -0.2) is 8.42 Å². The molecule has 7 nitrogen and oxygen atoms in total. The molecule has 1 amide bonds. The van der Waals surface area contributed by atoms with Crippen LogP contribution in [0.1, 0.15) is 18.4 Å². The lowest BCUT2D eigenvalue weighted by Crippen LogP contribution is -2.40. The Balaban J connectivity index is 1.28. The number of benzene rings is 2. The highest BCUT2D eigenvalue weighted by Crippen LogP contribution is 2.23. The summed E-state index contributed by atoms with van der Waals surface area (Å²) in [6.45, 7) is 4.10. The van der Waals surface area contributed by atoms with Crippen molar-refractivity contribution >= 4 is 33.2 Å². The topological polar surface area (TPSA) is 79.0 Å². The zero-order valence-corrected chi connectivity index (χ0v) is 19.4. The molecule has 0 bridgehead atoms. The van der Waals surface area contributed by atoms with Gasteiger partial charge < -0.3 is 10.1 Å². The molecular weight excluding hydrogens is 450 g/mol. The molecule has 2 saturated heterocycles. The number of carbonyl (C=O) groups is 1. The van der Waals surface area contributed by atoms with Gasteiger partial charge in [0.2, 0.25) is 15.9 Å². The van der Waals surface area contributed by atoms with Gasteiger partial charge in [0, 0.05) is 36.3 Å².